The molecule has 1 heterocycles. The van der Waals surface area contributed by atoms with Crippen LogP contribution in [0.5, 0.6) is 5.75 Å². The molecule has 0 atom stereocenters. The number of aromatic nitrogens is 3. The number of amides is 1. The summed E-state index contributed by atoms with van der Waals surface area (Å²) in [5.41, 5.74) is 5.08. The number of hydrogen-bond donors (Lipinski definition) is 3. The summed E-state index contributed by atoms with van der Waals surface area (Å²) in [6, 6.07) is 10.0. The molecular formula is C14H13N5O2. The highest BCUT2D eigenvalue weighted by Gasteiger charge is 2.11. The molecule has 3 aromatic rings. The highest BCUT2D eigenvalue weighted by molar-refractivity contribution is 5.96. The lowest BCUT2D eigenvalue weighted by Crippen LogP contribution is -2.29. The molecule has 0 spiro atoms. The van der Waals surface area contributed by atoms with Gasteiger partial charge in [-0.2, -0.15) is 0 Å². The molecule has 0 bridgehead atoms. The molecule has 1 amide bonds. The van der Waals surface area contributed by atoms with Crippen LogP contribution in [0.15, 0.2) is 36.4 Å². The second kappa shape index (κ2) is 4.88. The second-order valence-corrected chi connectivity index (χ2v) is 4.66. The third-order valence-corrected chi connectivity index (χ3v) is 3.12. The van der Waals surface area contributed by atoms with Crippen molar-refractivity contribution in [3.8, 4) is 11.4 Å². The van der Waals surface area contributed by atoms with Crippen molar-refractivity contribution in [3.05, 3.63) is 47.5 Å². The number of aromatic hydroxyl groups is 1. The maximum absolute atomic E-state index is 11.5. The number of nitrogen functional groups attached to an aromatic ring is 1. The summed E-state index contributed by atoms with van der Waals surface area (Å²) in [5.74, 6) is 4.79. The number of carbonyl (C=O) groups is 1. The summed E-state index contributed by atoms with van der Waals surface area (Å²) < 4.78 is 0. The van der Waals surface area contributed by atoms with Crippen LogP contribution in [-0.2, 0) is 0 Å². The number of benzene rings is 2. The Morgan fingerprint density at radius 2 is 1.95 bits per heavy atom. The number of nitrogens with two attached hydrogens (primary N) is 1. The van der Waals surface area contributed by atoms with E-state index < -0.39 is 5.91 Å². The summed E-state index contributed by atoms with van der Waals surface area (Å²) >= 11 is 0. The van der Waals surface area contributed by atoms with Crippen molar-refractivity contribution in [2.24, 2.45) is 5.84 Å². The first-order valence-electron chi connectivity index (χ1n) is 6.26. The van der Waals surface area contributed by atoms with Gasteiger partial charge in [0.2, 0.25) is 0 Å². The third-order valence-electron chi connectivity index (χ3n) is 3.12. The SMILES string of the molecule is Cc1ccc(O)c(-n2nc3ccc(C(=O)NN)cc3n2)c1. The fourth-order valence-corrected chi connectivity index (χ4v) is 2.04. The number of rotatable bonds is 2. The van der Waals surface area contributed by atoms with Gasteiger partial charge in [-0.15, -0.1) is 15.0 Å². The van der Waals surface area contributed by atoms with Gasteiger partial charge in [-0.1, -0.05) is 6.07 Å². The number of phenols is 1. The number of nitrogens with one attached hydrogen (secondary N) is 1. The van der Waals surface area contributed by atoms with Crippen molar-refractivity contribution in [2.75, 3.05) is 0 Å². The van der Waals surface area contributed by atoms with Crippen molar-refractivity contribution in [1.82, 2.24) is 20.4 Å². The lowest BCUT2D eigenvalue weighted by Gasteiger charge is -2.03. The van der Waals surface area contributed by atoms with Gasteiger partial charge < -0.3 is 5.11 Å². The van der Waals surface area contributed by atoms with Crippen LogP contribution in [0.1, 0.15) is 15.9 Å². The molecule has 4 N–H and O–H groups in total. The highest BCUT2D eigenvalue weighted by atomic mass is 16.3. The van der Waals surface area contributed by atoms with Gasteiger partial charge in [-0.3, -0.25) is 10.2 Å². The number of phenolic OH excluding ortho intramolecular Hbond substituents is 1. The standard InChI is InChI=1S/C14H13N5O2/c1-8-2-5-13(20)12(6-8)19-17-10-4-3-9(14(21)16-15)7-11(10)18-19/h2-7,20H,15H2,1H3,(H,16,21). The van der Waals surface area contributed by atoms with Crippen molar-refractivity contribution in [3.63, 3.8) is 0 Å². The largest absolute Gasteiger partial charge is 0.506 e. The molecule has 0 saturated carbocycles. The van der Waals surface area contributed by atoms with Gasteiger partial charge in [0, 0.05) is 5.56 Å². The molecule has 7 nitrogen and oxygen atoms in total. The lowest BCUT2D eigenvalue weighted by molar-refractivity contribution is 0.0954. The number of fused-ring (bicyclic) bond motifs is 1. The zero-order valence-corrected chi connectivity index (χ0v) is 11.2. The Morgan fingerprint density at radius 1 is 1.19 bits per heavy atom. The van der Waals surface area contributed by atoms with Gasteiger partial charge in [-0.25, -0.2) is 5.84 Å². The first kappa shape index (κ1) is 13.1. The predicted molar refractivity (Wildman–Crippen MR) is 76.9 cm³/mol. The maximum atomic E-state index is 11.5. The lowest BCUT2D eigenvalue weighted by atomic mass is 10.2. The van der Waals surface area contributed by atoms with Crippen molar-refractivity contribution >= 4 is 16.9 Å². The molecule has 0 unspecified atom stereocenters. The average Bonchev–Trinajstić information content (AvgIpc) is 2.91. The minimum Gasteiger partial charge on any atom is -0.506 e. The molecule has 21 heavy (non-hydrogen) atoms. The molecule has 0 fully saturated rings. The van der Waals surface area contributed by atoms with Crippen LogP contribution < -0.4 is 11.3 Å². The molecule has 0 aliphatic heterocycles. The van der Waals surface area contributed by atoms with Crippen LogP contribution in [0.2, 0.25) is 0 Å². The van der Waals surface area contributed by atoms with E-state index in [1.165, 1.54) is 4.80 Å². The summed E-state index contributed by atoms with van der Waals surface area (Å²) in [5, 5.41) is 18.5. The number of hydrogen-bond acceptors (Lipinski definition) is 5. The zero-order valence-electron chi connectivity index (χ0n) is 11.2. The molecular weight excluding hydrogens is 270 g/mol. The second-order valence-electron chi connectivity index (χ2n) is 4.66. The average molecular weight is 283 g/mol. The van der Waals surface area contributed by atoms with E-state index in [0.29, 0.717) is 22.3 Å². The molecule has 0 saturated heterocycles. The predicted octanol–water partition coefficient (Wildman–Crippen LogP) is 1.04. The fourth-order valence-electron chi connectivity index (χ4n) is 2.04. The smallest absolute Gasteiger partial charge is 0.265 e. The normalized spacial score (nSPS) is 10.8. The van der Waals surface area contributed by atoms with Crippen molar-refractivity contribution < 1.29 is 9.90 Å². The molecule has 0 radical (unpaired) electrons. The maximum Gasteiger partial charge on any atom is 0.265 e. The Bertz CT molecular complexity index is 840. The first-order chi connectivity index (χ1) is 10.1. The van der Waals surface area contributed by atoms with Crippen molar-refractivity contribution in [2.45, 2.75) is 6.92 Å². The Morgan fingerprint density at radius 3 is 2.71 bits per heavy atom. The molecule has 0 aliphatic carbocycles. The monoisotopic (exact) mass is 283 g/mol. The number of aryl methyl sites for hydroxylation is 1. The van der Waals surface area contributed by atoms with Crippen LogP contribution in [0, 0.1) is 6.92 Å². The quantitative estimate of drug-likeness (QED) is 0.370. The van der Waals surface area contributed by atoms with E-state index in [-0.39, 0.29) is 5.75 Å². The van der Waals surface area contributed by atoms with E-state index in [1.54, 1.807) is 36.4 Å². The van der Waals surface area contributed by atoms with E-state index in [0.717, 1.165) is 5.56 Å². The number of carbonyl (C=O) groups excluding carboxylic acids is 1. The van der Waals surface area contributed by atoms with Crippen LogP contribution in [0.3, 0.4) is 0 Å². The number of nitrogens with zero attached hydrogens (tertiary/aromatic N) is 3. The summed E-state index contributed by atoms with van der Waals surface area (Å²) in [7, 11) is 0. The number of hydrazine groups is 1. The molecule has 3 rings (SSSR count). The molecule has 2 aromatic carbocycles. The van der Waals surface area contributed by atoms with Gasteiger partial charge in [0.05, 0.1) is 0 Å². The van der Waals surface area contributed by atoms with Gasteiger partial charge in [-0.05, 0) is 42.8 Å². The molecule has 0 aliphatic rings. The van der Waals surface area contributed by atoms with E-state index >= 15 is 0 Å². The van der Waals surface area contributed by atoms with Crippen LogP contribution in [-0.4, -0.2) is 26.0 Å². The topological polar surface area (TPSA) is 106 Å². The van der Waals surface area contributed by atoms with E-state index in [4.69, 9.17) is 5.84 Å². The third kappa shape index (κ3) is 2.30. The van der Waals surface area contributed by atoms with Crippen molar-refractivity contribution in [1.29, 1.82) is 0 Å². The molecule has 7 heteroatoms. The summed E-state index contributed by atoms with van der Waals surface area (Å²) in [6.07, 6.45) is 0. The van der Waals surface area contributed by atoms with Gasteiger partial charge in [0.15, 0.2) is 0 Å². The van der Waals surface area contributed by atoms with E-state index in [1.807, 2.05) is 6.92 Å². The van der Waals surface area contributed by atoms with Crippen LogP contribution >= 0.6 is 0 Å². The van der Waals surface area contributed by atoms with E-state index in [2.05, 4.69) is 15.6 Å². The Kier molecular flexibility index (Phi) is 3.03. The highest BCUT2D eigenvalue weighted by Crippen LogP contribution is 2.23. The van der Waals surface area contributed by atoms with E-state index in [9.17, 15) is 9.90 Å². The zero-order chi connectivity index (χ0) is 15.0. The Labute approximate surface area is 120 Å². The molecule has 1 aromatic heterocycles. The minimum absolute atomic E-state index is 0.0841. The Hall–Kier alpha value is -2.93. The van der Waals surface area contributed by atoms with Crippen LogP contribution in [0.25, 0.3) is 16.7 Å². The Balaban J connectivity index is 2.13. The fraction of sp³-hybridized carbons (Fsp3) is 0.0714. The van der Waals surface area contributed by atoms with Gasteiger partial charge >= 0.3 is 0 Å². The van der Waals surface area contributed by atoms with Gasteiger partial charge in [0.25, 0.3) is 5.91 Å². The minimum atomic E-state index is -0.398. The molecule has 106 valence electrons. The first-order valence-corrected chi connectivity index (χ1v) is 6.26. The summed E-state index contributed by atoms with van der Waals surface area (Å²) in [4.78, 5) is 12.8. The summed E-state index contributed by atoms with van der Waals surface area (Å²) in [6.45, 7) is 1.91. The van der Waals surface area contributed by atoms with Gasteiger partial charge in [0.1, 0.15) is 22.5 Å². The van der Waals surface area contributed by atoms with Crippen LogP contribution in [0.4, 0.5) is 0 Å².